The molecule has 0 fully saturated rings. The van der Waals surface area contributed by atoms with Gasteiger partial charge in [0, 0.05) is 10.1 Å². The Morgan fingerprint density at radius 3 is 2.63 bits per heavy atom. The van der Waals surface area contributed by atoms with E-state index in [2.05, 4.69) is 55.5 Å². The standard InChI is InChI=1S/C17H18OS/c1-2-13-7-9-15(10-8-13)18-12-16-11-14-5-3-4-6-17(14)19-16/h3-10,16H,2,11-12H2,1H3. The minimum absolute atomic E-state index is 0.545. The van der Waals surface area contributed by atoms with E-state index in [-0.39, 0.29) is 0 Å². The number of aryl methyl sites for hydroxylation is 1. The molecule has 1 atom stereocenters. The van der Waals surface area contributed by atoms with Gasteiger partial charge in [-0.05, 0) is 42.2 Å². The monoisotopic (exact) mass is 270 g/mol. The molecule has 0 amide bonds. The third-order valence-electron chi connectivity index (χ3n) is 3.48. The van der Waals surface area contributed by atoms with E-state index >= 15 is 0 Å². The summed E-state index contributed by atoms with van der Waals surface area (Å²) in [5.74, 6) is 0.980. The van der Waals surface area contributed by atoms with E-state index in [1.807, 2.05) is 11.8 Å². The number of thioether (sulfide) groups is 1. The number of fused-ring (bicyclic) bond motifs is 1. The van der Waals surface area contributed by atoms with Gasteiger partial charge in [-0.2, -0.15) is 0 Å². The van der Waals surface area contributed by atoms with Crippen LogP contribution >= 0.6 is 11.8 Å². The molecule has 0 spiro atoms. The molecule has 1 aliphatic heterocycles. The van der Waals surface area contributed by atoms with Crippen molar-refractivity contribution in [1.82, 2.24) is 0 Å². The van der Waals surface area contributed by atoms with Crippen LogP contribution in [0.3, 0.4) is 0 Å². The van der Waals surface area contributed by atoms with Crippen molar-refractivity contribution in [2.24, 2.45) is 0 Å². The van der Waals surface area contributed by atoms with Crippen LogP contribution in [0.4, 0.5) is 0 Å². The summed E-state index contributed by atoms with van der Waals surface area (Å²) in [6, 6.07) is 17.1. The van der Waals surface area contributed by atoms with Crippen LogP contribution in [0.15, 0.2) is 53.4 Å². The molecule has 2 heteroatoms. The number of benzene rings is 2. The third-order valence-corrected chi connectivity index (χ3v) is 4.77. The largest absolute Gasteiger partial charge is 0.492 e. The molecule has 1 aliphatic rings. The first kappa shape index (κ1) is 12.6. The Morgan fingerprint density at radius 2 is 1.89 bits per heavy atom. The van der Waals surface area contributed by atoms with Crippen molar-refractivity contribution in [3.8, 4) is 5.75 Å². The Kier molecular flexibility index (Phi) is 3.79. The lowest BCUT2D eigenvalue weighted by Crippen LogP contribution is -2.13. The van der Waals surface area contributed by atoms with Crippen molar-refractivity contribution in [3.63, 3.8) is 0 Å². The molecular weight excluding hydrogens is 252 g/mol. The average Bonchev–Trinajstić information content (AvgIpc) is 2.88. The van der Waals surface area contributed by atoms with Crippen molar-refractivity contribution in [1.29, 1.82) is 0 Å². The summed E-state index contributed by atoms with van der Waals surface area (Å²) in [6.45, 7) is 2.95. The van der Waals surface area contributed by atoms with Gasteiger partial charge in [-0.25, -0.2) is 0 Å². The molecule has 0 aliphatic carbocycles. The Morgan fingerprint density at radius 1 is 1.11 bits per heavy atom. The van der Waals surface area contributed by atoms with E-state index in [0.29, 0.717) is 5.25 Å². The molecule has 1 unspecified atom stereocenters. The second-order valence-corrected chi connectivity index (χ2v) is 6.20. The van der Waals surface area contributed by atoms with Gasteiger partial charge in [0.25, 0.3) is 0 Å². The molecule has 0 N–H and O–H groups in total. The second-order valence-electron chi connectivity index (χ2n) is 4.86. The molecule has 0 aromatic heterocycles. The topological polar surface area (TPSA) is 9.23 Å². The third kappa shape index (κ3) is 2.95. The number of ether oxygens (including phenoxy) is 1. The maximum Gasteiger partial charge on any atom is 0.119 e. The summed E-state index contributed by atoms with van der Waals surface area (Å²) in [5, 5.41) is 0.545. The predicted molar refractivity (Wildman–Crippen MR) is 81.1 cm³/mol. The molecule has 19 heavy (non-hydrogen) atoms. The highest BCUT2D eigenvalue weighted by Crippen LogP contribution is 2.36. The van der Waals surface area contributed by atoms with Crippen LogP contribution in [-0.4, -0.2) is 11.9 Å². The predicted octanol–water partition coefficient (Wildman–Crippen LogP) is 4.34. The first-order valence-electron chi connectivity index (χ1n) is 6.81. The molecule has 0 radical (unpaired) electrons. The van der Waals surface area contributed by atoms with E-state index in [0.717, 1.165) is 25.2 Å². The molecule has 0 saturated heterocycles. The van der Waals surface area contributed by atoms with E-state index < -0.39 is 0 Å². The van der Waals surface area contributed by atoms with Crippen LogP contribution in [0, 0.1) is 0 Å². The van der Waals surface area contributed by atoms with Gasteiger partial charge in [0.1, 0.15) is 12.4 Å². The molecule has 3 rings (SSSR count). The number of hydrogen-bond donors (Lipinski definition) is 0. The van der Waals surface area contributed by atoms with Crippen molar-refractivity contribution >= 4 is 11.8 Å². The summed E-state index contributed by atoms with van der Waals surface area (Å²) < 4.78 is 5.90. The van der Waals surface area contributed by atoms with Crippen LogP contribution in [0.25, 0.3) is 0 Å². The molecule has 98 valence electrons. The fourth-order valence-electron chi connectivity index (χ4n) is 2.36. The zero-order valence-corrected chi connectivity index (χ0v) is 12.0. The summed E-state index contributed by atoms with van der Waals surface area (Å²) >= 11 is 1.94. The highest BCUT2D eigenvalue weighted by Gasteiger charge is 2.22. The fraction of sp³-hybridized carbons (Fsp3) is 0.294. The number of hydrogen-bond acceptors (Lipinski definition) is 2. The molecule has 2 aromatic carbocycles. The van der Waals surface area contributed by atoms with Crippen LogP contribution in [0.5, 0.6) is 5.75 Å². The van der Waals surface area contributed by atoms with Crippen molar-refractivity contribution in [2.75, 3.05) is 6.61 Å². The number of rotatable bonds is 4. The molecule has 0 saturated carbocycles. The highest BCUT2D eigenvalue weighted by atomic mass is 32.2. The highest BCUT2D eigenvalue weighted by molar-refractivity contribution is 8.00. The Bertz CT molecular complexity index is 522. The lowest BCUT2D eigenvalue weighted by atomic mass is 10.1. The summed E-state index contributed by atoms with van der Waals surface area (Å²) in [7, 11) is 0. The van der Waals surface area contributed by atoms with Crippen LogP contribution in [0.2, 0.25) is 0 Å². The normalized spacial score (nSPS) is 17.2. The Labute approximate surface area is 119 Å². The fourth-order valence-corrected chi connectivity index (χ4v) is 3.58. The van der Waals surface area contributed by atoms with Gasteiger partial charge < -0.3 is 4.74 Å². The van der Waals surface area contributed by atoms with Gasteiger partial charge in [-0.1, -0.05) is 37.3 Å². The van der Waals surface area contributed by atoms with Gasteiger partial charge in [0.2, 0.25) is 0 Å². The van der Waals surface area contributed by atoms with Crippen LogP contribution in [0.1, 0.15) is 18.1 Å². The SMILES string of the molecule is CCc1ccc(OCC2Cc3ccccc3S2)cc1. The molecular formula is C17H18OS. The van der Waals surface area contributed by atoms with Gasteiger partial charge in [0.05, 0.1) is 0 Å². The Hall–Kier alpha value is -1.41. The quantitative estimate of drug-likeness (QED) is 0.817. The average molecular weight is 270 g/mol. The zero-order chi connectivity index (χ0) is 13.1. The zero-order valence-electron chi connectivity index (χ0n) is 11.1. The summed E-state index contributed by atoms with van der Waals surface area (Å²) in [6.07, 6.45) is 2.20. The summed E-state index contributed by atoms with van der Waals surface area (Å²) in [4.78, 5) is 1.41. The van der Waals surface area contributed by atoms with Crippen molar-refractivity contribution < 1.29 is 4.74 Å². The van der Waals surface area contributed by atoms with Crippen molar-refractivity contribution in [2.45, 2.75) is 29.9 Å². The first-order valence-corrected chi connectivity index (χ1v) is 7.69. The van der Waals surface area contributed by atoms with E-state index in [1.165, 1.54) is 16.0 Å². The summed E-state index contributed by atoms with van der Waals surface area (Å²) in [5.41, 5.74) is 2.82. The maximum absolute atomic E-state index is 5.90. The first-order chi connectivity index (χ1) is 9.35. The molecule has 1 nitrogen and oxygen atoms in total. The van der Waals surface area contributed by atoms with Gasteiger partial charge >= 0.3 is 0 Å². The minimum Gasteiger partial charge on any atom is -0.492 e. The van der Waals surface area contributed by atoms with E-state index in [4.69, 9.17) is 4.74 Å². The van der Waals surface area contributed by atoms with Crippen LogP contribution < -0.4 is 4.74 Å². The van der Waals surface area contributed by atoms with E-state index in [9.17, 15) is 0 Å². The van der Waals surface area contributed by atoms with Crippen LogP contribution in [-0.2, 0) is 12.8 Å². The Balaban J connectivity index is 1.56. The van der Waals surface area contributed by atoms with Gasteiger partial charge in [-0.15, -0.1) is 11.8 Å². The maximum atomic E-state index is 5.90. The molecule has 2 aromatic rings. The van der Waals surface area contributed by atoms with Crippen molar-refractivity contribution in [3.05, 3.63) is 59.7 Å². The second kappa shape index (κ2) is 5.70. The lowest BCUT2D eigenvalue weighted by Gasteiger charge is -2.11. The smallest absolute Gasteiger partial charge is 0.119 e. The van der Waals surface area contributed by atoms with Gasteiger partial charge in [0.15, 0.2) is 0 Å². The van der Waals surface area contributed by atoms with E-state index in [1.54, 1.807) is 0 Å². The molecule has 1 heterocycles. The molecule has 0 bridgehead atoms. The minimum atomic E-state index is 0.545. The van der Waals surface area contributed by atoms with Gasteiger partial charge in [-0.3, -0.25) is 0 Å². The lowest BCUT2D eigenvalue weighted by molar-refractivity contribution is 0.317.